The minimum atomic E-state index is -4.43. The standard InChI is InChI=1S/C25H25F3O4/c1-15(2)6-13-20-21(32-19-4-3-5-19)14-17(22(23(20)29)24(30)31)10-7-16-8-11-18(12-9-16)25(26,27)28/h6-12,14,19,29H,3-5,13H2,1-2H3,(H,30,31). The highest BCUT2D eigenvalue weighted by atomic mass is 19.4. The Hall–Kier alpha value is -3.22. The number of aromatic hydroxyl groups is 1. The minimum absolute atomic E-state index is 0.0160. The van der Waals surface area contributed by atoms with Crippen LogP contribution in [0.2, 0.25) is 0 Å². The van der Waals surface area contributed by atoms with Crippen LogP contribution in [0.3, 0.4) is 0 Å². The molecular weight excluding hydrogens is 421 g/mol. The monoisotopic (exact) mass is 446 g/mol. The quantitative estimate of drug-likeness (QED) is 0.366. The van der Waals surface area contributed by atoms with Gasteiger partial charge in [-0.3, -0.25) is 0 Å². The normalized spacial score (nSPS) is 14.3. The maximum atomic E-state index is 12.8. The maximum absolute atomic E-state index is 12.8. The van der Waals surface area contributed by atoms with Gasteiger partial charge in [-0.25, -0.2) is 4.79 Å². The second-order valence-electron chi connectivity index (χ2n) is 8.08. The summed E-state index contributed by atoms with van der Waals surface area (Å²) in [6.45, 7) is 3.81. The molecule has 2 aromatic carbocycles. The molecule has 0 bridgehead atoms. The van der Waals surface area contributed by atoms with Gasteiger partial charge in [0.25, 0.3) is 0 Å². The van der Waals surface area contributed by atoms with Crippen molar-refractivity contribution >= 4 is 18.1 Å². The van der Waals surface area contributed by atoms with Crippen molar-refractivity contribution in [3.05, 3.63) is 69.8 Å². The third-order valence-corrected chi connectivity index (χ3v) is 5.36. The summed E-state index contributed by atoms with van der Waals surface area (Å²) in [4.78, 5) is 11.9. The van der Waals surface area contributed by atoms with Crippen LogP contribution in [0.4, 0.5) is 13.2 Å². The Kier molecular flexibility index (Phi) is 6.96. The van der Waals surface area contributed by atoms with Gasteiger partial charge in [0, 0.05) is 5.56 Å². The van der Waals surface area contributed by atoms with E-state index in [0.29, 0.717) is 23.3 Å². The second kappa shape index (κ2) is 9.51. The Labute approximate surface area is 184 Å². The summed E-state index contributed by atoms with van der Waals surface area (Å²) >= 11 is 0. The first-order chi connectivity index (χ1) is 15.1. The van der Waals surface area contributed by atoms with Gasteiger partial charge in [-0.1, -0.05) is 35.9 Å². The van der Waals surface area contributed by atoms with Crippen molar-refractivity contribution in [1.82, 2.24) is 0 Å². The highest BCUT2D eigenvalue weighted by Gasteiger charge is 2.30. The first kappa shape index (κ1) is 23.4. The molecule has 0 spiro atoms. The van der Waals surface area contributed by atoms with Gasteiger partial charge in [-0.15, -0.1) is 0 Å². The summed E-state index contributed by atoms with van der Waals surface area (Å²) in [7, 11) is 0. The van der Waals surface area contributed by atoms with Crippen molar-refractivity contribution in [3.63, 3.8) is 0 Å². The first-order valence-electron chi connectivity index (χ1n) is 10.3. The zero-order chi connectivity index (χ0) is 23.5. The molecule has 0 heterocycles. The number of phenols is 1. The molecule has 0 aromatic heterocycles. The molecule has 2 aromatic rings. The average Bonchev–Trinajstić information content (AvgIpc) is 2.67. The number of ether oxygens (including phenoxy) is 1. The van der Waals surface area contributed by atoms with Crippen LogP contribution in [0.1, 0.15) is 65.7 Å². The van der Waals surface area contributed by atoms with E-state index in [1.807, 2.05) is 19.9 Å². The van der Waals surface area contributed by atoms with Gasteiger partial charge in [0.2, 0.25) is 0 Å². The molecule has 0 aliphatic heterocycles. The van der Waals surface area contributed by atoms with Crippen LogP contribution in [0.15, 0.2) is 42.0 Å². The Balaban J connectivity index is 2.02. The molecule has 1 fully saturated rings. The molecule has 170 valence electrons. The third-order valence-electron chi connectivity index (χ3n) is 5.36. The largest absolute Gasteiger partial charge is 0.507 e. The van der Waals surface area contributed by atoms with Crippen LogP contribution in [-0.4, -0.2) is 22.3 Å². The lowest BCUT2D eigenvalue weighted by Gasteiger charge is -2.28. The SMILES string of the molecule is CC(C)=CCc1c(OC2CCC2)cc(C=Cc2ccc(C(F)(F)F)cc2)c(C(=O)O)c1O. The number of carboxylic acids is 1. The summed E-state index contributed by atoms with van der Waals surface area (Å²) in [5, 5.41) is 20.5. The molecule has 32 heavy (non-hydrogen) atoms. The first-order valence-corrected chi connectivity index (χ1v) is 10.3. The summed E-state index contributed by atoms with van der Waals surface area (Å²) < 4.78 is 44.3. The Morgan fingerprint density at radius 2 is 1.81 bits per heavy atom. The molecule has 0 atom stereocenters. The summed E-state index contributed by atoms with van der Waals surface area (Å²) in [5.41, 5.74) is 1.06. The topological polar surface area (TPSA) is 66.8 Å². The zero-order valence-electron chi connectivity index (χ0n) is 17.9. The summed E-state index contributed by atoms with van der Waals surface area (Å²) in [5.74, 6) is -1.25. The number of carboxylic acid groups (broad SMARTS) is 1. The lowest BCUT2D eigenvalue weighted by Crippen LogP contribution is -2.25. The number of halogens is 3. The van der Waals surface area contributed by atoms with Crippen LogP contribution in [0.5, 0.6) is 11.5 Å². The Bertz CT molecular complexity index is 1040. The van der Waals surface area contributed by atoms with Crippen molar-refractivity contribution in [2.24, 2.45) is 0 Å². The summed E-state index contributed by atoms with van der Waals surface area (Å²) in [6.07, 6.45) is 3.58. The predicted molar refractivity (Wildman–Crippen MR) is 117 cm³/mol. The van der Waals surface area contributed by atoms with Crippen LogP contribution < -0.4 is 4.74 Å². The van der Waals surface area contributed by atoms with E-state index in [2.05, 4.69) is 0 Å². The van der Waals surface area contributed by atoms with E-state index in [4.69, 9.17) is 4.74 Å². The van der Waals surface area contributed by atoms with E-state index in [1.165, 1.54) is 24.3 Å². The van der Waals surface area contributed by atoms with E-state index in [-0.39, 0.29) is 23.0 Å². The molecule has 4 nitrogen and oxygen atoms in total. The molecule has 3 rings (SSSR count). The fourth-order valence-electron chi connectivity index (χ4n) is 3.31. The molecule has 7 heteroatoms. The van der Waals surface area contributed by atoms with Gasteiger partial charge < -0.3 is 14.9 Å². The lowest BCUT2D eigenvalue weighted by atomic mass is 9.94. The van der Waals surface area contributed by atoms with Gasteiger partial charge in [-0.05, 0) is 68.9 Å². The van der Waals surface area contributed by atoms with Crippen molar-refractivity contribution in [2.75, 3.05) is 0 Å². The van der Waals surface area contributed by atoms with E-state index < -0.39 is 17.7 Å². The van der Waals surface area contributed by atoms with Crippen LogP contribution in [0, 0.1) is 0 Å². The van der Waals surface area contributed by atoms with E-state index in [9.17, 15) is 28.2 Å². The van der Waals surface area contributed by atoms with Crippen molar-refractivity contribution in [3.8, 4) is 11.5 Å². The van der Waals surface area contributed by atoms with Crippen LogP contribution >= 0.6 is 0 Å². The van der Waals surface area contributed by atoms with Gasteiger partial charge in [0.1, 0.15) is 17.1 Å². The molecule has 0 saturated heterocycles. The number of hydrogen-bond donors (Lipinski definition) is 2. The van der Waals surface area contributed by atoms with Crippen molar-refractivity contribution < 1.29 is 32.9 Å². The Morgan fingerprint density at radius 3 is 2.31 bits per heavy atom. The third kappa shape index (κ3) is 5.52. The van der Waals surface area contributed by atoms with Gasteiger partial charge in [0.15, 0.2) is 0 Å². The predicted octanol–water partition coefficient (Wildman–Crippen LogP) is 6.72. The lowest BCUT2D eigenvalue weighted by molar-refractivity contribution is -0.137. The smallest absolute Gasteiger partial charge is 0.416 e. The number of benzene rings is 2. The van der Waals surface area contributed by atoms with Gasteiger partial charge in [0.05, 0.1) is 11.7 Å². The van der Waals surface area contributed by atoms with Gasteiger partial charge >= 0.3 is 12.1 Å². The number of allylic oxidation sites excluding steroid dienone is 2. The fraction of sp³-hybridized carbons (Fsp3) is 0.320. The molecule has 2 N–H and O–H groups in total. The molecule has 0 radical (unpaired) electrons. The number of hydrogen-bond acceptors (Lipinski definition) is 3. The second-order valence-corrected chi connectivity index (χ2v) is 8.08. The van der Waals surface area contributed by atoms with E-state index >= 15 is 0 Å². The molecule has 1 saturated carbocycles. The van der Waals surface area contributed by atoms with Crippen LogP contribution in [-0.2, 0) is 12.6 Å². The number of carbonyl (C=O) groups is 1. The Morgan fingerprint density at radius 1 is 1.16 bits per heavy atom. The van der Waals surface area contributed by atoms with E-state index in [0.717, 1.165) is 37.0 Å². The van der Waals surface area contributed by atoms with Gasteiger partial charge in [-0.2, -0.15) is 13.2 Å². The maximum Gasteiger partial charge on any atom is 0.416 e. The highest BCUT2D eigenvalue weighted by molar-refractivity contribution is 5.97. The molecule has 0 unspecified atom stereocenters. The van der Waals surface area contributed by atoms with Crippen molar-refractivity contribution in [1.29, 1.82) is 0 Å². The molecular formula is C25H25F3O4. The number of alkyl halides is 3. The minimum Gasteiger partial charge on any atom is -0.507 e. The number of aromatic carboxylic acids is 1. The molecule has 0 amide bonds. The average molecular weight is 446 g/mol. The molecule has 1 aliphatic rings. The van der Waals surface area contributed by atoms with Crippen LogP contribution in [0.25, 0.3) is 12.2 Å². The number of rotatable bonds is 7. The summed E-state index contributed by atoms with van der Waals surface area (Å²) in [6, 6.07) is 6.10. The highest BCUT2D eigenvalue weighted by Crippen LogP contribution is 2.38. The fourth-order valence-corrected chi connectivity index (χ4v) is 3.31. The zero-order valence-corrected chi connectivity index (χ0v) is 17.9. The molecule has 1 aliphatic carbocycles. The van der Waals surface area contributed by atoms with Crippen molar-refractivity contribution in [2.45, 2.75) is 51.8 Å². The van der Waals surface area contributed by atoms with E-state index in [1.54, 1.807) is 6.07 Å².